The maximum absolute atomic E-state index is 12.5. The summed E-state index contributed by atoms with van der Waals surface area (Å²) in [4.78, 5) is 19.5. The zero-order valence-corrected chi connectivity index (χ0v) is 17.7. The second-order valence-corrected chi connectivity index (χ2v) is 8.15. The Hall–Kier alpha value is -1.59. The molecule has 2 fully saturated rings. The molecule has 0 aromatic heterocycles. The molecule has 28 heavy (non-hydrogen) atoms. The van der Waals surface area contributed by atoms with Crippen LogP contribution in [0, 0.1) is 5.92 Å². The van der Waals surface area contributed by atoms with Crippen LogP contribution in [0.4, 0.5) is 0 Å². The number of amides is 1. The van der Waals surface area contributed by atoms with Gasteiger partial charge < -0.3 is 14.5 Å². The fourth-order valence-electron chi connectivity index (χ4n) is 4.39. The van der Waals surface area contributed by atoms with Crippen LogP contribution < -0.4 is 4.74 Å². The molecular weight excluding hydrogens is 350 g/mol. The molecule has 0 spiro atoms. The zero-order valence-electron chi connectivity index (χ0n) is 17.7. The predicted octanol–water partition coefficient (Wildman–Crippen LogP) is 3.24. The minimum absolute atomic E-state index is 0.367. The predicted molar refractivity (Wildman–Crippen MR) is 114 cm³/mol. The SMILES string of the molecule is CCOc1cccc(CN2CCC(CCC(=O)N3CCN(CC)CC3)CC2)c1. The maximum Gasteiger partial charge on any atom is 0.222 e. The number of nitrogens with zero attached hydrogens (tertiary/aromatic N) is 3. The fourth-order valence-corrected chi connectivity index (χ4v) is 4.39. The minimum atomic E-state index is 0.367. The first kappa shape index (κ1) is 21.1. The van der Waals surface area contributed by atoms with Crippen molar-refractivity contribution in [2.24, 2.45) is 5.92 Å². The summed E-state index contributed by atoms with van der Waals surface area (Å²) >= 11 is 0. The first-order valence-electron chi connectivity index (χ1n) is 11.1. The number of piperidine rings is 1. The Morgan fingerprint density at radius 3 is 2.46 bits per heavy atom. The molecule has 0 bridgehead atoms. The van der Waals surface area contributed by atoms with E-state index in [4.69, 9.17) is 4.74 Å². The number of carbonyl (C=O) groups excluding carboxylic acids is 1. The van der Waals surface area contributed by atoms with Crippen molar-refractivity contribution in [2.75, 3.05) is 52.4 Å². The van der Waals surface area contributed by atoms with Crippen LogP contribution in [0.1, 0.15) is 45.1 Å². The Bertz CT molecular complexity index is 606. The molecule has 0 saturated carbocycles. The summed E-state index contributed by atoms with van der Waals surface area (Å²) in [6, 6.07) is 8.45. The average molecular weight is 388 g/mol. The monoisotopic (exact) mass is 387 g/mol. The number of benzene rings is 1. The summed E-state index contributed by atoms with van der Waals surface area (Å²) in [5.74, 6) is 2.03. The van der Waals surface area contributed by atoms with Gasteiger partial charge in [-0.05, 0) is 69.4 Å². The van der Waals surface area contributed by atoms with Crippen molar-refractivity contribution in [1.29, 1.82) is 0 Å². The smallest absolute Gasteiger partial charge is 0.222 e. The molecule has 2 aliphatic rings. The minimum Gasteiger partial charge on any atom is -0.494 e. The highest BCUT2D eigenvalue weighted by molar-refractivity contribution is 5.76. The second-order valence-electron chi connectivity index (χ2n) is 8.15. The topological polar surface area (TPSA) is 36.0 Å². The van der Waals surface area contributed by atoms with Gasteiger partial charge in [0.05, 0.1) is 6.61 Å². The number of likely N-dealkylation sites (tertiary alicyclic amines) is 1. The Kier molecular flexibility index (Phi) is 8.16. The number of rotatable bonds is 8. The second kappa shape index (κ2) is 10.8. The van der Waals surface area contributed by atoms with E-state index in [1.165, 1.54) is 18.4 Å². The van der Waals surface area contributed by atoms with Gasteiger partial charge in [0, 0.05) is 39.1 Å². The van der Waals surface area contributed by atoms with E-state index in [1.54, 1.807) is 0 Å². The van der Waals surface area contributed by atoms with Crippen LogP contribution in [0.3, 0.4) is 0 Å². The molecule has 2 heterocycles. The maximum atomic E-state index is 12.5. The molecule has 5 heteroatoms. The molecule has 3 rings (SSSR count). The van der Waals surface area contributed by atoms with Crippen molar-refractivity contribution >= 4 is 5.91 Å². The van der Waals surface area contributed by atoms with E-state index < -0.39 is 0 Å². The van der Waals surface area contributed by atoms with Crippen LogP contribution in [0.15, 0.2) is 24.3 Å². The summed E-state index contributed by atoms with van der Waals surface area (Å²) in [5.41, 5.74) is 1.32. The van der Waals surface area contributed by atoms with Crippen molar-refractivity contribution in [2.45, 2.75) is 46.1 Å². The first-order valence-corrected chi connectivity index (χ1v) is 11.1. The van der Waals surface area contributed by atoms with Crippen LogP contribution in [-0.2, 0) is 11.3 Å². The molecule has 1 amide bonds. The van der Waals surface area contributed by atoms with Gasteiger partial charge in [-0.3, -0.25) is 9.69 Å². The van der Waals surface area contributed by atoms with Crippen LogP contribution in [0.25, 0.3) is 0 Å². The summed E-state index contributed by atoms with van der Waals surface area (Å²) in [6.07, 6.45) is 4.21. The van der Waals surface area contributed by atoms with Crippen LogP contribution in [-0.4, -0.2) is 73.0 Å². The summed E-state index contributed by atoms with van der Waals surface area (Å²) in [6.45, 7) is 13.2. The molecule has 0 radical (unpaired) electrons. The molecule has 0 atom stereocenters. The number of hydrogen-bond donors (Lipinski definition) is 0. The number of carbonyl (C=O) groups is 1. The highest BCUT2D eigenvalue weighted by atomic mass is 16.5. The average Bonchev–Trinajstić information content (AvgIpc) is 2.73. The third-order valence-corrected chi connectivity index (χ3v) is 6.26. The van der Waals surface area contributed by atoms with Gasteiger partial charge in [0.15, 0.2) is 0 Å². The molecule has 0 aliphatic carbocycles. The van der Waals surface area contributed by atoms with Gasteiger partial charge in [-0.25, -0.2) is 0 Å². The highest BCUT2D eigenvalue weighted by Gasteiger charge is 2.23. The van der Waals surface area contributed by atoms with Gasteiger partial charge >= 0.3 is 0 Å². The molecular formula is C23H37N3O2. The third-order valence-electron chi connectivity index (χ3n) is 6.26. The number of piperazine rings is 1. The lowest BCUT2D eigenvalue weighted by molar-refractivity contribution is -0.133. The Labute approximate surface area is 170 Å². The summed E-state index contributed by atoms with van der Waals surface area (Å²) in [5, 5.41) is 0. The van der Waals surface area contributed by atoms with E-state index in [9.17, 15) is 4.79 Å². The third kappa shape index (κ3) is 6.21. The molecule has 1 aromatic carbocycles. The van der Waals surface area contributed by atoms with Gasteiger partial charge in [-0.15, -0.1) is 0 Å². The lowest BCUT2D eigenvalue weighted by Gasteiger charge is -2.35. The van der Waals surface area contributed by atoms with Gasteiger partial charge in [0.2, 0.25) is 5.91 Å². The first-order chi connectivity index (χ1) is 13.7. The van der Waals surface area contributed by atoms with Crippen LogP contribution >= 0.6 is 0 Å². The Balaban J connectivity index is 1.35. The number of ether oxygens (including phenoxy) is 1. The molecule has 0 unspecified atom stereocenters. The summed E-state index contributed by atoms with van der Waals surface area (Å²) < 4.78 is 5.61. The van der Waals surface area contributed by atoms with Gasteiger partial charge in [0.25, 0.3) is 0 Å². The van der Waals surface area contributed by atoms with Crippen molar-refractivity contribution in [3.05, 3.63) is 29.8 Å². The Morgan fingerprint density at radius 1 is 1.04 bits per heavy atom. The van der Waals surface area contributed by atoms with Crippen LogP contribution in [0.2, 0.25) is 0 Å². The lowest BCUT2D eigenvalue weighted by Crippen LogP contribution is -2.48. The number of likely N-dealkylation sites (N-methyl/N-ethyl adjacent to an activating group) is 1. The van der Waals surface area contributed by atoms with Crippen molar-refractivity contribution in [3.63, 3.8) is 0 Å². The van der Waals surface area contributed by atoms with E-state index >= 15 is 0 Å². The van der Waals surface area contributed by atoms with E-state index in [0.717, 1.165) is 70.9 Å². The van der Waals surface area contributed by atoms with Crippen molar-refractivity contribution in [1.82, 2.24) is 14.7 Å². The molecule has 0 N–H and O–H groups in total. The molecule has 156 valence electrons. The normalized spacial score (nSPS) is 19.7. The van der Waals surface area contributed by atoms with Crippen molar-refractivity contribution < 1.29 is 9.53 Å². The van der Waals surface area contributed by atoms with E-state index in [0.29, 0.717) is 18.4 Å². The van der Waals surface area contributed by atoms with E-state index in [2.05, 4.69) is 39.8 Å². The number of hydrogen-bond acceptors (Lipinski definition) is 4. The standard InChI is InChI=1S/C23H37N3O2/c1-3-24-14-16-26(17-15-24)23(27)9-8-20-10-12-25(13-11-20)19-21-6-5-7-22(18-21)28-4-2/h5-7,18,20H,3-4,8-17,19H2,1-2H3. The zero-order chi connectivity index (χ0) is 19.8. The molecule has 1 aromatic rings. The van der Waals surface area contributed by atoms with Gasteiger partial charge in [0.1, 0.15) is 5.75 Å². The lowest BCUT2D eigenvalue weighted by atomic mass is 9.91. The van der Waals surface area contributed by atoms with E-state index in [1.807, 2.05) is 13.0 Å². The largest absolute Gasteiger partial charge is 0.494 e. The molecule has 2 aliphatic heterocycles. The highest BCUT2D eigenvalue weighted by Crippen LogP contribution is 2.24. The Morgan fingerprint density at radius 2 is 1.79 bits per heavy atom. The summed E-state index contributed by atoms with van der Waals surface area (Å²) in [7, 11) is 0. The molecule has 2 saturated heterocycles. The quantitative estimate of drug-likeness (QED) is 0.686. The van der Waals surface area contributed by atoms with Gasteiger partial charge in [-0.1, -0.05) is 19.1 Å². The van der Waals surface area contributed by atoms with Crippen LogP contribution in [0.5, 0.6) is 5.75 Å². The fraction of sp³-hybridized carbons (Fsp3) is 0.696. The van der Waals surface area contributed by atoms with Gasteiger partial charge in [-0.2, -0.15) is 0 Å². The van der Waals surface area contributed by atoms with E-state index in [-0.39, 0.29) is 0 Å². The van der Waals surface area contributed by atoms with Crippen molar-refractivity contribution in [3.8, 4) is 5.75 Å². The molecule has 5 nitrogen and oxygen atoms in total.